The van der Waals surface area contributed by atoms with Gasteiger partial charge in [-0.2, -0.15) is 0 Å². The Kier molecular flexibility index (Phi) is 10.6. The molecule has 0 aromatic carbocycles. The van der Waals surface area contributed by atoms with Gasteiger partial charge in [0, 0.05) is 30.0 Å². The maximum Gasteiger partial charge on any atom is 0.186 e. The summed E-state index contributed by atoms with van der Waals surface area (Å²) < 4.78 is 27.7. The van der Waals surface area contributed by atoms with Gasteiger partial charge in [-0.05, 0) is 32.6 Å². The molecule has 1 atom stereocenters. The summed E-state index contributed by atoms with van der Waals surface area (Å²) in [5.74, 6) is 0.644. The fraction of sp³-hybridized carbons (Fsp3) is 0.688. The predicted molar refractivity (Wildman–Crippen MR) is 93.5 cm³/mol. The van der Waals surface area contributed by atoms with Crippen molar-refractivity contribution in [2.75, 3.05) is 12.0 Å². The van der Waals surface area contributed by atoms with Crippen LogP contribution in [0.3, 0.4) is 0 Å². The predicted octanol–water partition coefficient (Wildman–Crippen LogP) is 3.18. The van der Waals surface area contributed by atoms with E-state index in [0.29, 0.717) is 5.88 Å². The van der Waals surface area contributed by atoms with Crippen LogP contribution in [0.15, 0.2) is 29.7 Å². The molecule has 0 spiro atoms. The maximum atomic E-state index is 11.0. The van der Waals surface area contributed by atoms with Gasteiger partial charge in [-0.1, -0.05) is 26.3 Å². The second-order valence-corrected chi connectivity index (χ2v) is 7.74. The van der Waals surface area contributed by atoms with Crippen LogP contribution in [-0.4, -0.2) is 32.2 Å². The van der Waals surface area contributed by atoms with E-state index in [0.717, 1.165) is 44.2 Å². The van der Waals surface area contributed by atoms with Crippen LogP contribution in [0.4, 0.5) is 0 Å². The minimum Gasteiger partial charge on any atom is -0.476 e. The van der Waals surface area contributed by atoms with Crippen LogP contribution < -0.4 is 5.73 Å². The summed E-state index contributed by atoms with van der Waals surface area (Å²) in [5.41, 5.74) is 6.59. The first-order chi connectivity index (χ1) is 10.3. The van der Waals surface area contributed by atoms with E-state index < -0.39 is 9.84 Å². The lowest BCUT2D eigenvalue weighted by Crippen LogP contribution is -2.16. The molecule has 0 fully saturated rings. The smallest absolute Gasteiger partial charge is 0.186 e. The number of unbranched alkanes of at least 4 members (excludes halogenated alkanes) is 3. The molecule has 0 heterocycles. The number of allylic oxidation sites excluding steroid dienone is 1. The van der Waals surface area contributed by atoms with Gasteiger partial charge < -0.3 is 10.5 Å². The van der Waals surface area contributed by atoms with Crippen molar-refractivity contribution >= 4 is 15.5 Å². The van der Waals surface area contributed by atoms with Crippen molar-refractivity contribution < 1.29 is 13.2 Å². The van der Waals surface area contributed by atoms with Crippen LogP contribution in [0.2, 0.25) is 0 Å². The highest BCUT2D eigenvalue weighted by Crippen LogP contribution is 2.13. The van der Waals surface area contributed by atoms with Crippen molar-refractivity contribution in [2.45, 2.75) is 58.5 Å². The summed E-state index contributed by atoms with van der Waals surface area (Å²) in [7, 11) is -2.83. The van der Waals surface area contributed by atoms with Crippen LogP contribution in [0, 0.1) is 0 Å². The number of nitrogens with two attached hydrogens (primary N) is 1. The molecule has 0 aromatic rings. The zero-order chi connectivity index (χ0) is 17.0. The second kappa shape index (κ2) is 11.3. The summed E-state index contributed by atoms with van der Waals surface area (Å²) in [6.45, 7) is 7.42. The molecule has 0 radical (unpaired) electrons. The zero-order valence-corrected chi connectivity index (χ0v) is 14.9. The Labute approximate surface area is 135 Å². The lowest BCUT2D eigenvalue weighted by Gasteiger charge is -2.17. The number of aliphatic imine (C=N–C) groups is 1. The van der Waals surface area contributed by atoms with Crippen molar-refractivity contribution in [3.63, 3.8) is 0 Å². The van der Waals surface area contributed by atoms with E-state index >= 15 is 0 Å². The minimum atomic E-state index is -2.83. The lowest BCUT2D eigenvalue weighted by atomic mass is 10.1. The summed E-state index contributed by atoms with van der Waals surface area (Å²) >= 11 is 0. The third-order valence-corrected chi connectivity index (χ3v) is 4.23. The van der Waals surface area contributed by atoms with E-state index in [2.05, 4.69) is 18.5 Å². The van der Waals surface area contributed by atoms with Gasteiger partial charge in [0.25, 0.3) is 0 Å². The molecule has 0 saturated carbocycles. The highest BCUT2D eigenvalue weighted by atomic mass is 32.2. The number of nitrogens with zero attached hydrogens (tertiary/aromatic N) is 1. The normalized spacial score (nSPS) is 14.7. The molecular formula is C16H30N2O3S. The fourth-order valence-electron chi connectivity index (χ4n) is 2.05. The van der Waals surface area contributed by atoms with Crippen molar-refractivity contribution in [1.29, 1.82) is 0 Å². The second-order valence-electron chi connectivity index (χ2n) is 5.48. The van der Waals surface area contributed by atoms with Gasteiger partial charge in [-0.25, -0.2) is 8.42 Å². The Morgan fingerprint density at radius 2 is 1.95 bits per heavy atom. The number of hydrogen-bond acceptors (Lipinski definition) is 5. The molecule has 0 unspecified atom stereocenters. The van der Waals surface area contributed by atoms with Gasteiger partial charge in [0.05, 0.1) is 0 Å². The van der Waals surface area contributed by atoms with E-state index in [9.17, 15) is 8.42 Å². The topological polar surface area (TPSA) is 81.8 Å². The van der Waals surface area contributed by atoms with Crippen LogP contribution in [-0.2, 0) is 14.6 Å². The number of ether oxygens (including phenoxy) is 1. The first-order valence-electron chi connectivity index (χ1n) is 7.75. The molecule has 128 valence electrons. The average Bonchev–Trinajstić information content (AvgIpc) is 2.40. The first-order valence-corrected chi connectivity index (χ1v) is 9.81. The Balaban J connectivity index is 4.02. The number of rotatable bonds is 12. The van der Waals surface area contributed by atoms with Crippen LogP contribution in [0.25, 0.3) is 0 Å². The Hall–Kier alpha value is -1.30. The number of hydrogen-bond donors (Lipinski definition) is 1. The van der Waals surface area contributed by atoms with Gasteiger partial charge in [0.1, 0.15) is 15.9 Å². The van der Waals surface area contributed by atoms with Crippen molar-refractivity contribution in [2.24, 2.45) is 10.7 Å². The summed E-state index contributed by atoms with van der Waals surface area (Å²) in [5, 5.41) is 0. The van der Waals surface area contributed by atoms with Crippen LogP contribution in [0.5, 0.6) is 0 Å². The monoisotopic (exact) mass is 330 g/mol. The largest absolute Gasteiger partial charge is 0.476 e. The Morgan fingerprint density at radius 3 is 2.50 bits per heavy atom. The molecule has 22 heavy (non-hydrogen) atoms. The van der Waals surface area contributed by atoms with Crippen molar-refractivity contribution in [1.82, 2.24) is 0 Å². The first kappa shape index (κ1) is 20.7. The Bertz CT molecular complexity index is 482. The van der Waals surface area contributed by atoms with E-state index in [1.54, 1.807) is 6.08 Å². The van der Waals surface area contributed by atoms with Gasteiger partial charge in [0.2, 0.25) is 0 Å². The molecule has 0 amide bonds. The third kappa shape index (κ3) is 12.4. The van der Waals surface area contributed by atoms with Crippen LogP contribution >= 0.6 is 0 Å². The van der Waals surface area contributed by atoms with Crippen molar-refractivity contribution in [3.8, 4) is 0 Å². The van der Waals surface area contributed by atoms with Gasteiger partial charge in [0.15, 0.2) is 5.88 Å². The average molecular weight is 330 g/mol. The van der Waals surface area contributed by atoms with Gasteiger partial charge >= 0.3 is 0 Å². The SMILES string of the molecule is C=CN=C(C)/C=C(\N)O[C@@H](CC)CCCCCCS(C)(=O)=O. The van der Waals surface area contributed by atoms with Gasteiger partial charge in [-0.3, -0.25) is 4.99 Å². The van der Waals surface area contributed by atoms with Crippen LogP contribution in [0.1, 0.15) is 52.4 Å². The van der Waals surface area contributed by atoms with E-state index in [1.807, 2.05) is 6.92 Å². The minimum absolute atomic E-state index is 0.0858. The molecule has 2 N–H and O–H groups in total. The molecule has 0 aliphatic rings. The summed E-state index contributed by atoms with van der Waals surface area (Å²) in [6, 6.07) is 0. The molecule has 0 bridgehead atoms. The fourth-order valence-corrected chi connectivity index (χ4v) is 2.78. The van der Waals surface area contributed by atoms with Gasteiger partial charge in [-0.15, -0.1) is 0 Å². The quantitative estimate of drug-likeness (QED) is 0.338. The molecular weight excluding hydrogens is 300 g/mol. The highest BCUT2D eigenvalue weighted by molar-refractivity contribution is 7.90. The third-order valence-electron chi connectivity index (χ3n) is 3.20. The molecule has 5 nitrogen and oxygen atoms in total. The maximum absolute atomic E-state index is 11.0. The standard InChI is InChI=1S/C16H30N2O3S/c1-5-15(21-16(17)13-14(3)18-6-2)11-9-7-8-10-12-22(4,19)20/h6,13,15H,2,5,7-12,17H2,1,3-4H3/b16-13+,18-14?/t15-/m0/s1. The molecule has 0 rings (SSSR count). The lowest BCUT2D eigenvalue weighted by molar-refractivity contribution is 0.100. The molecule has 0 saturated heterocycles. The van der Waals surface area contributed by atoms with E-state index in [1.165, 1.54) is 12.5 Å². The number of sulfone groups is 1. The zero-order valence-electron chi connectivity index (χ0n) is 14.0. The molecule has 6 heteroatoms. The highest BCUT2D eigenvalue weighted by Gasteiger charge is 2.08. The summed E-state index contributed by atoms with van der Waals surface area (Å²) in [6.07, 6.45) is 10.0. The Morgan fingerprint density at radius 1 is 1.32 bits per heavy atom. The van der Waals surface area contributed by atoms with E-state index in [-0.39, 0.29) is 11.9 Å². The molecule has 0 aliphatic carbocycles. The van der Waals surface area contributed by atoms with Crippen molar-refractivity contribution in [3.05, 3.63) is 24.7 Å². The molecule has 0 aromatic heterocycles. The van der Waals surface area contributed by atoms with E-state index in [4.69, 9.17) is 10.5 Å². The molecule has 0 aliphatic heterocycles. The summed E-state index contributed by atoms with van der Waals surface area (Å²) in [4.78, 5) is 4.01.